The minimum Gasteiger partial charge on any atom is -0.356 e. The summed E-state index contributed by atoms with van der Waals surface area (Å²) in [6.07, 6.45) is 9.71. The molecule has 23 heavy (non-hydrogen) atoms. The standard InChI is InChI=1S/C17H30N4O.HI/c1-18-17(19-10-8-13-6-7-13)20-15-9-11-21(12-15)16(22)14-4-2-3-5-14;/h13-15H,2-12H2,1H3,(H2,18,19,20);1H. The number of amides is 1. The van der Waals surface area contributed by atoms with Crippen LogP contribution in [0, 0.1) is 11.8 Å². The van der Waals surface area contributed by atoms with Crippen LogP contribution in [0.25, 0.3) is 0 Å². The molecule has 0 radical (unpaired) electrons. The Bertz CT molecular complexity index is 419. The Kier molecular flexibility index (Phi) is 7.43. The summed E-state index contributed by atoms with van der Waals surface area (Å²) in [4.78, 5) is 18.8. The van der Waals surface area contributed by atoms with Gasteiger partial charge in [-0.15, -0.1) is 24.0 Å². The Morgan fingerprint density at radius 2 is 1.91 bits per heavy atom. The minimum atomic E-state index is 0. The van der Waals surface area contributed by atoms with Crippen LogP contribution in [0.3, 0.4) is 0 Å². The maximum absolute atomic E-state index is 12.5. The molecule has 2 aliphatic carbocycles. The van der Waals surface area contributed by atoms with E-state index in [1.807, 2.05) is 7.05 Å². The third kappa shape index (κ3) is 5.50. The van der Waals surface area contributed by atoms with E-state index in [2.05, 4.69) is 20.5 Å². The van der Waals surface area contributed by atoms with Gasteiger partial charge >= 0.3 is 0 Å². The molecule has 1 aliphatic heterocycles. The van der Waals surface area contributed by atoms with Crippen molar-refractivity contribution in [3.8, 4) is 0 Å². The van der Waals surface area contributed by atoms with Crippen molar-refractivity contribution < 1.29 is 4.79 Å². The van der Waals surface area contributed by atoms with Crippen LogP contribution in [0.5, 0.6) is 0 Å². The first-order valence-electron chi connectivity index (χ1n) is 9.02. The van der Waals surface area contributed by atoms with E-state index in [-0.39, 0.29) is 24.0 Å². The number of hydrogen-bond acceptors (Lipinski definition) is 2. The van der Waals surface area contributed by atoms with E-state index in [0.29, 0.717) is 17.9 Å². The van der Waals surface area contributed by atoms with Gasteiger partial charge in [0.1, 0.15) is 0 Å². The lowest BCUT2D eigenvalue weighted by molar-refractivity contribution is -0.134. The van der Waals surface area contributed by atoms with Gasteiger partial charge in [0.05, 0.1) is 0 Å². The number of aliphatic imine (C=N–C) groups is 1. The molecule has 3 rings (SSSR count). The van der Waals surface area contributed by atoms with E-state index in [9.17, 15) is 4.79 Å². The Labute approximate surface area is 157 Å². The number of carbonyl (C=O) groups is 1. The predicted octanol–water partition coefficient (Wildman–Crippen LogP) is 2.36. The first-order valence-corrected chi connectivity index (χ1v) is 9.02. The first-order chi connectivity index (χ1) is 10.8. The number of nitrogens with zero attached hydrogens (tertiary/aromatic N) is 2. The Morgan fingerprint density at radius 3 is 2.57 bits per heavy atom. The zero-order valence-corrected chi connectivity index (χ0v) is 16.6. The normalized spacial score (nSPS) is 25.3. The molecule has 132 valence electrons. The lowest BCUT2D eigenvalue weighted by Gasteiger charge is -2.21. The highest BCUT2D eigenvalue weighted by Gasteiger charge is 2.32. The molecule has 0 aromatic carbocycles. The predicted molar refractivity (Wildman–Crippen MR) is 104 cm³/mol. The summed E-state index contributed by atoms with van der Waals surface area (Å²) in [7, 11) is 1.82. The highest BCUT2D eigenvalue weighted by atomic mass is 127. The fraction of sp³-hybridized carbons (Fsp3) is 0.882. The summed E-state index contributed by atoms with van der Waals surface area (Å²) in [5, 5.41) is 6.88. The van der Waals surface area contributed by atoms with E-state index < -0.39 is 0 Å². The van der Waals surface area contributed by atoms with E-state index in [1.165, 1.54) is 32.1 Å². The Morgan fingerprint density at radius 1 is 1.17 bits per heavy atom. The number of carbonyl (C=O) groups excluding carboxylic acids is 1. The van der Waals surface area contributed by atoms with Crippen molar-refractivity contribution in [3.05, 3.63) is 0 Å². The fourth-order valence-electron chi connectivity index (χ4n) is 3.70. The van der Waals surface area contributed by atoms with Crippen LogP contribution in [0.15, 0.2) is 4.99 Å². The Hall–Kier alpha value is -0.530. The average molecular weight is 434 g/mol. The van der Waals surface area contributed by atoms with Crippen LogP contribution in [0.2, 0.25) is 0 Å². The summed E-state index contributed by atoms with van der Waals surface area (Å²) >= 11 is 0. The highest BCUT2D eigenvalue weighted by Crippen LogP contribution is 2.31. The van der Waals surface area contributed by atoms with Crippen LogP contribution in [-0.2, 0) is 4.79 Å². The van der Waals surface area contributed by atoms with Crippen LogP contribution in [-0.4, -0.2) is 49.5 Å². The van der Waals surface area contributed by atoms with E-state index >= 15 is 0 Å². The fourth-order valence-corrected chi connectivity index (χ4v) is 3.70. The summed E-state index contributed by atoms with van der Waals surface area (Å²) in [5.41, 5.74) is 0. The smallest absolute Gasteiger partial charge is 0.225 e. The first kappa shape index (κ1) is 18.8. The molecule has 1 atom stereocenters. The number of likely N-dealkylation sites (tertiary alicyclic amines) is 1. The summed E-state index contributed by atoms with van der Waals surface area (Å²) in [6.45, 7) is 2.73. The second-order valence-electron chi connectivity index (χ2n) is 7.13. The largest absolute Gasteiger partial charge is 0.356 e. The quantitative estimate of drug-likeness (QED) is 0.397. The third-order valence-electron chi connectivity index (χ3n) is 5.31. The van der Waals surface area contributed by atoms with Crippen LogP contribution in [0.1, 0.15) is 51.4 Å². The summed E-state index contributed by atoms with van der Waals surface area (Å²) in [5.74, 6) is 2.52. The lowest BCUT2D eigenvalue weighted by Crippen LogP contribution is -2.45. The maximum Gasteiger partial charge on any atom is 0.225 e. The van der Waals surface area contributed by atoms with Crippen molar-refractivity contribution in [2.45, 2.75) is 57.4 Å². The molecule has 5 nitrogen and oxygen atoms in total. The van der Waals surface area contributed by atoms with Crippen LogP contribution < -0.4 is 10.6 Å². The molecular weight excluding hydrogens is 403 g/mol. The van der Waals surface area contributed by atoms with E-state index in [1.54, 1.807) is 0 Å². The van der Waals surface area contributed by atoms with Crippen molar-refractivity contribution in [2.24, 2.45) is 16.8 Å². The molecule has 0 aromatic rings. The molecule has 0 bridgehead atoms. The van der Waals surface area contributed by atoms with Gasteiger partial charge in [0.25, 0.3) is 0 Å². The van der Waals surface area contributed by atoms with E-state index in [0.717, 1.165) is 50.8 Å². The van der Waals surface area contributed by atoms with Gasteiger partial charge in [-0.05, 0) is 31.6 Å². The van der Waals surface area contributed by atoms with Gasteiger partial charge in [-0.1, -0.05) is 25.7 Å². The third-order valence-corrected chi connectivity index (χ3v) is 5.31. The minimum absolute atomic E-state index is 0. The van der Waals surface area contributed by atoms with Crippen molar-refractivity contribution in [1.29, 1.82) is 0 Å². The lowest BCUT2D eigenvalue weighted by atomic mass is 10.1. The Balaban J connectivity index is 0.00000192. The van der Waals surface area contributed by atoms with Crippen molar-refractivity contribution in [1.82, 2.24) is 15.5 Å². The van der Waals surface area contributed by atoms with Gasteiger partial charge in [0.15, 0.2) is 5.96 Å². The number of halogens is 1. The van der Waals surface area contributed by atoms with Crippen molar-refractivity contribution in [2.75, 3.05) is 26.7 Å². The average Bonchev–Trinajstić information content (AvgIpc) is 3.03. The molecule has 2 saturated carbocycles. The molecule has 2 N–H and O–H groups in total. The summed E-state index contributed by atoms with van der Waals surface area (Å²) < 4.78 is 0. The molecule has 1 saturated heterocycles. The molecule has 1 amide bonds. The van der Waals surface area contributed by atoms with Crippen LogP contribution >= 0.6 is 24.0 Å². The molecule has 1 unspecified atom stereocenters. The zero-order chi connectivity index (χ0) is 15.4. The molecule has 3 aliphatic rings. The molecule has 1 heterocycles. The number of hydrogen-bond donors (Lipinski definition) is 2. The van der Waals surface area contributed by atoms with Gasteiger partial charge in [-0.3, -0.25) is 9.79 Å². The molecule has 0 aromatic heterocycles. The van der Waals surface area contributed by atoms with Gasteiger partial charge in [-0.25, -0.2) is 0 Å². The number of nitrogens with one attached hydrogen (secondary N) is 2. The van der Waals surface area contributed by atoms with Gasteiger partial charge in [-0.2, -0.15) is 0 Å². The number of rotatable bonds is 5. The second kappa shape index (κ2) is 9.08. The molecule has 6 heteroatoms. The number of guanidine groups is 1. The monoisotopic (exact) mass is 434 g/mol. The SMILES string of the molecule is CN=C(NCCC1CC1)NC1CCN(C(=O)C2CCCC2)C1.I. The topological polar surface area (TPSA) is 56.7 Å². The second-order valence-corrected chi connectivity index (χ2v) is 7.13. The zero-order valence-electron chi connectivity index (χ0n) is 14.2. The molecule has 3 fully saturated rings. The molecule has 0 spiro atoms. The maximum atomic E-state index is 12.5. The molecular formula is C17H31IN4O. The van der Waals surface area contributed by atoms with E-state index in [4.69, 9.17) is 0 Å². The van der Waals surface area contributed by atoms with Crippen molar-refractivity contribution in [3.63, 3.8) is 0 Å². The van der Waals surface area contributed by atoms with Gasteiger partial charge in [0.2, 0.25) is 5.91 Å². The highest BCUT2D eigenvalue weighted by molar-refractivity contribution is 14.0. The van der Waals surface area contributed by atoms with Crippen molar-refractivity contribution >= 4 is 35.8 Å². The summed E-state index contributed by atoms with van der Waals surface area (Å²) in [6, 6.07) is 0.345. The van der Waals surface area contributed by atoms with Gasteiger partial charge in [0, 0.05) is 38.6 Å². The van der Waals surface area contributed by atoms with Crippen LogP contribution in [0.4, 0.5) is 0 Å². The van der Waals surface area contributed by atoms with Gasteiger partial charge < -0.3 is 15.5 Å².